The summed E-state index contributed by atoms with van der Waals surface area (Å²) < 4.78 is 0. The molecule has 1 rings (SSSR count). The van der Waals surface area contributed by atoms with Gasteiger partial charge in [0, 0.05) is 25.8 Å². The lowest BCUT2D eigenvalue weighted by atomic mass is 10.1. The number of anilines is 1. The van der Waals surface area contributed by atoms with Crippen molar-refractivity contribution in [1.82, 2.24) is 4.90 Å². The van der Waals surface area contributed by atoms with Crippen LogP contribution in [0.4, 0.5) is 5.69 Å². The van der Waals surface area contributed by atoms with Crippen LogP contribution in [0.2, 0.25) is 0 Å². The average Bonchev–Trinajstić information content (AvgIpc) is 2.44. The largest absolute Gasteiger partial charge is 0.334 e. The number of nitrogens with zero attached hydrogens (tertiary/aromatic N) is 2. The third kappa shape index (κ3) is 5.21. The van der Waals surface area contributed by atoms with Gasteiger partial charge in [0.2, 0.25) is 0 Å². The lowest BCUT2D eigenvalue weighted by Crippen LogP contribution is -2.46. The maximum Gasteiger partial charge on any atom is 0.316 e. The van der Waals surface area contributed by atoms with Gasteiger partial charge in [-0.05, 0) is 24.0 Å². The number of amides is 2. The Hall–Kier alpha value is -1.84. The summed E-state index contributed by atoms with van der Waals surface area (Å²) in [5.74, 6) is -0.240. The van der Waals surface area contributed by atoms with Crippen LogP contribution in [-0.2, 0) is 9.59 Å². The van der Waals surface area contributed by atoms with Crippen molar-refractivity contribution in [3.8, 4) is 0 Å². The molecule has 0 N–H and O–H groups in total. The van der Waals surface area contributed by atoms with Crippen LogP contribution in [0.5, 0.6) is 0 Å². The number of hydrogen-bond acceptors (Lipinski definition) is 2. The molecule has 0 saturated heterocycles. The number of hydrogen-bond donors (Lipinski definition) is 0. The van der Waals surface area contributed by atoms with Gasteiger partial charge in [0.15, 0.2) is 0 Å². The molecule has 4 nitrogen and oxygen atoms in total. The molecule has 1 aromatic carbocycles. The fourth-order valence-corrected chi connectivity index (χ4v) is 2.17. The lowest BCUT2D eigenvalue weighted by molar-refractivity contribution is -0.145. The first-order valence-electron chi connectivity index (χ1n) is 7.45. The summed E-state index contributed by atoms with van der Waals surface area (Å²) in [6, 6.07) is 9.22. The van der Waals surface area contributed by atoms with E-state index in [1.807, 2.05) is 58.0 Å². The van der Waals surface area contributed by atoms with Crippen LogP contribution in [0.25, 0.3) is 0 Å². The Morgan fingerprint density at radius 2 is 1.38 bits per heavy atom. The van der Waals surface area contributed by atoms with E-state index >= 15 is 0 Å². The Morgan fingerprint density at radius 3 is 1.81 bits per heavy atom. The number of likely N-dealkylation sites (N-methyl/N-ethyl adjacent to an activating group) is 1. The first-order chi connectivity index (χ1) is 9.82. The van der Waals surface area contributed by atoms with Crippen LogP contribution in [0.3, 0.4) is 0 Å². The Kier molecular flexibility index (Phi) is 6.40. The van der Waals surface area contributed by atoms with Gasteiger partial charge in [0.1, 0.15) is 0 Å². The Balaban J connectivity index is 2.84. The van der Waals surface area contributed by atoms with Crippen LogP contribution >= 0.6 is 0 Å². The Bertz CT molecular complexity index is 459. The summed E-state index contributed by atoms with van der Waals surface area (Å²) in [6.07, 6.45) is 0. The maximum absolute atomic E-state index is 12.5. The predicted octanol–water partition coefficient (Wildman–Crippen LogP) is 2.79. The van der Waals surface area contributed by atoms with Gasteiger partial charge in [-0.1, -0.05) is 45.9 Å². The van der Waals surface area contributed by atoms with Crippen molar-refractivity contribution in [2.24, 2.45) is 11.8 Å². The number of para-hydroxylation sites is 1. The van der Waals surface area contributed by atoms with Crippen molar-refractivity contribution < 1.29 is 9.59 Å². The van der Waals surface area contributed by atoms with E-state index < -0.39 is 11.8 Å². The van der Waals surface area contributed by atoms with Gasteiger partial charge in [0.05, 0.1) is 0 Å². The highest BCUT2D eigenvalue weighted by atomic mass is 16.2. The molecule has 0 radical (unpaired) electrons. The minimum Gasteiger partial charge on any atom is -0.334 e. The fraction of sp³-hybridized carbons (Fsp3) is 0.529. The average molecular weight is 290 g/mol. The molecule has 0 aliphatic carbocycles. The van der Waals surface area contributed by atoms with E-state index in [0.29, 0.717) is 24.9 Å². The monoisotopic (exact) mass is 290 g/mol. The zero-order valence-electron chi connectivity index (χ0n) is 13.7. The number of carbonyl (C=O) groups excluding carboxylic acids is 2. The van der Waals surface area contributed by atoms with Crippen molar-refractivity contribution >= 4 is 17.5 Å². The molecular weight excluding hydrogens is 264 g/mol. The van der Waals surface area contributed by atoms with Crippen molar-refractivity contribution in [2.45, 2.75) is 27.7 Å². The molecule has 21 heavy (non-hydrogen) atoms. The van der Waals surface area contributed by atoms with Gasteiger partial charge in [-0.25, -0.2) is 0 Å². The van der Waals surface area contributed by atoms with E-state index in [9.17, 15) is 9.59 Å². The van der Waals surface area contributed by atoms with Crippen molar-refractivity contribution in [3.05, 3.63) is 30.3 Å². The molecule has 2 amide bonds. The second kappa shape index (κ2) is 7.81. The van der Waals surface area contributed by atoms with Gasteiger partial charge in [-0.3, -0.25) is 9.59 Å². The van der Waals surface area contributed by atoms with E-state index in [4.69, 9.17) is 0 Å². The molecule has 0 heterocycles. The van der Waals surface area contributed by atoms with E-state index in [0.717, 1.165) is 5.69 Å². The van der Waals surface area contributed by atoms with E-state index in [1.54, 1.807) is 11.9 Å². The molecule has 4 heteroatoms. The topological polar surface area (TPSA) is 40.6 Å². The highest BCUT2D eigenvalue weighted by Crippen LogP contribution is 2.13. The molecule has 0 spiro atoms. The van der Waals surface area contributed by atoms with E-state index in [2.05, 4.69) is 0 Å². The predicted molar refractivity (Wildman–Crippen MR) is 86.1 cm³/mol. The second-order valence-electron chi connectivity index (χ2n) is 6.20. The number of benzene rings is 1. The molecule has 116 valence electrons. The molecule has 0 fully saturated rings. The quantitative estimate of drug-likeness (QED) is 0.782. The zero-order valence-corrected chi connectivity index (χ0v) is 13.7. The lowest BCUT2D eigenvalue weighted by Gasteiger charge is -2.27. The van der Waals surface area contributed by atoms with E-state index in [1.165, 1.54) is 4.90 Å². The summed E-state index contributed by atoms with van der Waals surface area (Å²) in [4.78, 5) is 27.9. The highest BCUT2D eigenvalue weighted by Gasteiger charge is 2.26. The van der Waals surface area contributed by atoms with Gasteiger partial charge in [-0.15, -0.1) is 0 Å². The first-order valence-corrected chi connectivity index (χ1v) is 7.45. The molecule has 0 aliphatic heterocycles. The molecule has 0 saturated carbocycles. The number of rotatable bonds is 5. The normalized spacial score (nSPS) is 10.8. The molecule has 1 aromatic rings. The van der Waals surface area contributed by atoms with Gasteiger partial charge in [-0.2, -0.15) is 0 Å². The van der Waals surface area contributed by atoms with Gasteiger partial charge < -0.3 is 9.80 Å². The first kappa shape index (κ1) is 17.2. The molecular formula is C17H26N2O2. The fourth-order valence-electron chi connectivity index (χ4n) is 2.17. The molecule has 0 aliphatic rings. The maximum atomic E-state index is 12.5. The van der Waals surface area contributed by atoms with Gasteiger partial charge >= 0.3 is 11.8 Å². The van der Waals surface area contributed by atoms with Crippen LogP contribution in [0.15, 0.2) is 30.3 Å². The molecule has 0 atom stereocenters. The summed E-state index contributed by atoms with van der Waals surface area (Å²) in [5, 5.41) is 0. The highest BCUT2D eigenvalue weighted by molar-refractivity contribution is 6.40. The van der Waals surface area contributed by atoms with Crippen LogP contribution in [0.1, 0.15) is 27.7 Å². The second-order valence-corrected chi connectivity index (χ2v) is 6.20. The summed E-state index contributed by atoms with van der Waals surface area (Å²) in [5.41, 5.74) is 0.727. The summed E-state index contributed by atoms with van der Waals surface area (Å²) in [7, 11) is 1.64. The van der Waals surface area contributed by atoms with E-state index in [-0.39, 0.29) is 0 Å². The third-order valence-electron chi connectivity index (χ3n) is 3.09. The van der Waals surface area contributed by atoms with Crippen molar-refractivity contribution in [3.63, 3.8) is 0 Å². The minimum absolute atomic E-state index is 0.336. The Morgan fingerprint density at radius 1 is 0.905 bits per heavy atom. The SMILES string of the molecule is CC(C)CN(CC(C)C)C(=O)C(=O)N(C)c1ccccc1. The molecule has 0 unspecified atom stereocenters. The van der Waals surface area contributed by atoms with Crippen LogP contribution in [0, 0.1) is 11.8 Å². The smallest absolute Gasteiger partial charge is 0.316 e. The summed E-state index contributed by atoms with van der Waals surface area (Å²) in [6.45, 7) is 9.40. The van der Waals surface area contributed by atoms with Crippen molar-refractivity contribution in [1.29, 1.82) is 0 Å². The van der Waals surface area contributed by atoms with Crippen LogP contribution < -0.4 is 4.90 Å². The Labute approximate surface area is 127 Å². The standard InChI is InChI=1S/C17H26N2O2/c1-13(2)11-19(12-14(3)4)17(21)16(20)18(5)15-9-7-6-8-10-15/h6-10,13-14H,11-12H2,1-5H3. The van der Waals surface area contributed by atoms with Crippen LogP contribution in [-0.4, -0.2) is 36.9 Å². The zero-order chi connectivity index (χ0) is 16.0. The summed E-state index contributed by atoms with van der Waals surface area (Å²) >= 11 is 0. The van der Waals surface area contributed by atoms with Crippen molar-refractivity contribution in [2.75, 3.05) is 25.0 Å². The third-order valence-corrected chi connectivity index (χ3v) is 3.09. The van der Waals surface area contributed by atoms with Gasteiger partial charge in [0.25, 0.3) is 0 Å². The molecule has 0 aromatic heterocycles. The number of carbonyl (C=O) groups is 2. The minimum atomic E-state index is -0.484. The molecule has 0 bridgehead atoms.